The average Bonchev–Trinajstić information content (AvgIpc) is 3.37. The number of hydrogen-bond acceptors (Lipinski definition) is 5. The summed E-state index contributed by atoms with van der Waals surface area (Å²) in [4.78, 5) is 23.3. The molecule has 0 aliphatic carbocycles. The van der Waals surface area contributed by atoms with E-state index in [0.29, 0.717) is 17.4 Å². The molecule has 75 heavy (non-hydrogen) atoms. The highest BCUT2D eigenvalue weighted by atomic mass is 31.2. The highest BCUT2D eigenvalue weighted by molar-refractivity contribution is 7.47. The highest BCUT2D eigenvalue weighted by Gasteiger charge is 2.28. The number of unbranched alkanes of at least 4 members (excludes halogenated alkanes) is 44. The van der Waals surface area contributed by atoms with Crippen LogP contribution in [0.3, 0.4) is 0 Å². The summed E-state index contributed by atoms with van der Waals surface area (Å²) in [6, 6.07) is -0.862. The first-order valence-corrected chi connectivity index (χ1v) is 34.4. The molecule has 3 atom stereocenters. The van der Waals surface area contributed by atoms with Crippen molar-refractivity contribution in [3.63, 3.8) is 0 Å². The predicted molar refractivity (Wildman–Crippen MR) is 328 cm³/mol. The first-order chi connectivity index (χ1) is 36.5. The molecular weight excluding hydrogens is 948 g/mol. The first-order valence-electron chi connectivity index (χ1n) is 32.9. The number of carbonyl (C=O) groups is 1. The lowest BCUT2D eigenvalue weighted by Gasteiger charge is -2.25. The quantitative estimate of drug-likeness (QED) is 0.0243. The van der Waals surface area contributed by atoms with Crippen molar-refractivity contribution in [1.82, 2.24) is 5.32 Å². The van der Waals surface area contributed by atoms with Gasteiger partial charge in [-0.1, -0.05) is 301 Å². The monoisotopic (exact) mass is 1080 g/mol. The molecule has 1 amide bonds. The van der Waals surface area contributed by atoms with Crippen LogP contribution in [0.25, 0.3) is 0 Å². The third-order valence-electron chi connectivity index (χ3n) is 15.1. The molecular formula is C66H130N2O6P+. The van der Waals surface area contributed by atoms with Crippen molar-refractivity contribution >= 4 is 13.7 Å². The molecule has 0 rings (SSSR count). The van der Waals surface area contributed by atoms with Gasteiger partial charge in [-0.15, -0.1) is 0 Å². The number of nitrogens with zero attached hydrogens (tertiary/aromatic N) is 1. The second-order valence-electron chi connectivity index (χ2n) is 23.8. The van der Waals surface area contributed by atoms with Gasteiger partial charge in [-0.25, -0.2) is 4.57 Å². The maximum atomic E-state index is 13.0. The van der Waals surface area contributed by atoms with Crippen LogP contribution in [-0.4, -0.2) is 73.4 Å². The zero-order chi connectivity index (χ0) is 54.9. The zero-order valence-corrected chi connectivity index (χ0v) is 51.7. The van der Waals surface area contributed by atoms with Gasteiger partial charge in [0.2, 0.25) is 5.91 Å². The Morgan fingerprint density at radius 2 is 0.733 bits per heavy atom. The number of rotatable bonds is 61. The van der Waals surface area contributed by atoms with E-state index in [1.165, 1.54) is 270 Å². The number of quaternary nitrogens is 1. The van der Waals surface area contributed by atoms with Crippen molar-refractivity contribution in [3.05, 3.63) is 36.5 Å². The third kappa shape index (κ3) is 60.2. The van der Waals surface area contributed by atoms with Crippen molar-refractivity contribution in [2.24, 2.45) is 0 Å². The topological polar surface area (TPSA) is 105 Å². The lowest BCUT2D eigenvalue weighted by atomic mass is 10.0. The second kappa shape index (κ2) is 57.4. The van der Waals surface area contributed by atoms with Crippen LogP contribution >= 0.6 is 7.82 Å². The maximum Gasteiger partial charge on any atom is 0.472 e. The molecule has 0 bridgehead atoms. The smallest absolute Gasteiger partial charge is 0.387 e. The summed E-state index contributed by atoms with van der Waals surface area (Å²) >= 11 is 0. The fourth-order valence-electron chi connectivity index (χ4n) is 9.94. The van der Waals surface area contributed by atoms with Gasteiger partial charge in [0.05, 0.1) is 39.9 Å². The number of phosphoric acid groups is 1. The van der Waals surface area contributed by atoms with E-state index in [2.05, 4.69) is 43.5 Å². The van der Waals surface area contributed by atoms with Crippen LogP contribution in [-0.2, 0) is 18.4 Å². The normalized spacial score (nSPS) is 14.0. The van der Waals surface area contributed by atoms with Gasteiger partial charge >= 0.3 is 7.82 Å². The van der Waals surface area contributed by atoms with Crippen LogP contribution in [0.1, 0.15) is 328 Å². The number of allylic oxidation sites excluding steroid dienone is 5. The Kier molecular flexibility index (Phi) is 56.4. The summed E-state index contributed by atoms with van der Waals surface area (Å²) in [6.07, 6.45) is 75.8. The minimum atomic E-state index is -4.36. The Morgan fingerprint density at radius 1 is 0.440 bits per heavy atom. The number of likely N-dealkylation sites (N-methyl/N-ethyl adjacent to an activating group) is 1. The van der Waals surface area contributed by atoms with Crippen molar-refractivity contribution in [2.75, 3.05) is 40.9 Å². The molecule has 0 aromatic carbocycles. The number of nitrogens with one attached hydrogen (secondary N) is 1. The summed E-state index contributed by atoms with van der Waals surface area (Å²) in [7, 11) is 1.57. The number of carbonyl (C=O) groups excluding carboxylic acids is 1. The van der Waals surface area contributed by atoms with E-state index in [-0.39, 0.29) is 19.1 Å². The first kappa shape index (κ1) is 73.7. The van der Waals surface area contributed by atoms with Crippen LogP contribution in [0.5, 0.6) is 0 Å². The van der Waals surface area contributed by atoms with Gasteiger partial charge in [0.1, 0.15) is 13.2 Å². The average molecular weight is 1080 g/mol. The Labute approximate surface area is 467 Å². The van der Waals surface area contributed by atoms with Gasteiger partial charge in [0.25, 0.3) is 0 Å². The molecule has 0 aromatic heterocycles. The SMILES string of the molecule is CCCCCCCCCCCCCC/C=C/CC/C=C/C(O)C(COP(=O)(O)OCC[N+](C)(C)C)NC(=O)CCCCCCCCCCCCCCCCCCC/C=C\CCCCCCCCCCCCCCCC. The lowest BCUT2D eigenvalue weighted by molar-refractivity contribution is -0.870. The van der Waals surface area contributed by atoms with Gasteiger partial charge in [0.15, 0.2) is 0 Å². The number of aliphatic hydroxyl groups excluding tert-OH is 1. The summed E-state index contributed by atoms with van der Waals surface area (Å²) < 4.78 is 23.7. The van der Waals surface area contributed by atoms with Crippen LogP contribution in [0.4, 0.5) is 0 Å². The second-order valence-corrected chi connectivity index (χ2v) is 25.3. The molecule has 0 aliphatic rings. The van der Waals surface area contributed by atoms with E-state index in [0.717, 1.165) is 38.5 Å². The molecule has 8 nitrogen and oxygen atoms in total. The summed E-state index contributed by atoms with van der Waals surface area (Å²) in [6.45, 7) is 4.84. The molecule has 0 heterocycles. The Hall–Kier alpha value is -1.28. The summed E-state index contributed by atoms with van der Waals surface area (Å²) in [5.41, 5.74) is 0. The number of hydrogen-bond donors (Lipinski definition) is 3. The van der Waals surface area contributed by atoms with E-state index >= 15 is 0 Å². The lowest BCUT2D eigenvalue weighted by Crippen LogP contribution is -2.45. The van der Waals surface area contributed by atoms with E-state index in [1.54, 1.807) is 6.08 Å². The van der Waals surface area contributed by atoms with Gasteiger partial charge in [0, 0.05) is 6.42 Å². The van der Waals surface area contributed by atoms with Gasteiger partial charge < -0.3 is 19.8 Å². The van der Waals surface area contributed by atoms with Gasteiger partial charge in [-0.2, -0.15) is 0 Å². The van der Waals surface area contributed by atoms with Crippen LogP contribution in [0, 0.1) is 0 Å². The maximum absolute atomic E-state index is 13.0. The largest absolute Gasteiger partial charge is 0.472 e. The van der Waals surface area contributed by atoms with Gasteiger partial charge in [-0.05, 0) is 57.8 Å². The molecule has 3 unspecified atom stereocenters. The Balaban J connectivity index is 4.01. The summed E-state index contributed by atoms with van der Waals surface area (Å²) in [5, 5.41) is 13.9. The minimum Gasteiger partial charge on any atom is -0.387 e. The molecule has 0 aromatic rings. The molecule has 0 spiro atoms. The predicted octanol–water partition coefficient (Wildman–Crippen LogP) is 20.5. The fraction of sp³-hybridized carbons (Fsp3) is 0.894. The molecule has 0 radical (unpaired) electrons. The number of aliphatic hydroxyl groups is 1. The van der Waals surface area contributed by atoms with Crippen LogP contribution in [0.2, 0.25) is 0 Å². The molecule has 0 saturated heterocycles. The van der Waals surface area contributed by atoms with Crippen molar-refractivity contribution in [3.8, 4) is 0 Å². The minimum absolute atomic E-state index is 0.0576. The van der Waals surface area contributed by atoms with Crippen molar-refractivity contribution < 1.29 is 32.9 Å². The number of amides is 1. The highest BCUT2D eigenvalue weighted by Crippen LogP contribution is 2.43. The molecule has 0 saturated carbocycles. The zero-order valence-electron chi connectivity index (χ0n) is 50.8. The van der Waals surface area contributed by atoms with Crippen molar-refractivity contribution in [2.45, 2.75) is 341 Å². The third-order valence-corrected chi connectivity index (χ3v) is 16.1. The standard InChI is InChI=1S/C66H129N2O6P/c1-6-8-10-12-14-16-18-20-22-24-26-27-28-29-30-31-32-33-34-35-36-37-38-39-40-41-42-44-46-48-50-52-54-56-58-60-66(70)67-64(63-74-75(71,72)73-62-61-68(3,4)5)65(69)59-57-55-53-51-49-47-45-43-25-23-21-19-17-15-13-11-9-7-2/h31-32,49,51,57,59,64-65,69H,6-30,33-48,50,52-56,58,60-63H2,1-5H3,(H-,67,70,71,72)/p+1/b32-31-,51-49+,59-57+. The van der Waals surface area contributed by atoms with E-state index in [9.17, 15) is 19.4 Å². The van der Waals surface area contributed by atoms with Gasteiger partial charge in [-0.3, -0.25) is 13.8 Å². The fourth-order valence-corrected chi connectivity index (χ4v) is 10.7. The van der Waals surface area contributed by atoms with E-state index in [4.69, 9.17) is 9.05 Å². The Morgan fingerprint density at radius 3 is 1.07 bits per heavy atom. The van der Waals surface area contributed by atoms with Crippen molar-refractivity contribution in [1.29, 1.82) is 0 Å². The van der Waals surface area contributed by atoms with Crippen LogP contribution < -0.4 is 5.32 Å². The summed E-state index contributed by atoms with van der Waals surface area (Å²) in [5.74, 6) is -0.181. The Bertz CT molecular complexity index is 1320. The molecule has 3 N–H and O–H groups in total. The van der Waals surface area contributed by atoms with Crippen LogP contribution in [0.15, 0.2) is 36.5 Å². The molecule has 0 fully saturated rings. The molecule has 0 aliphatic heterocycles. The molecule has 9 heteroatoms. The number of phosphoric ester groups is 1. The molecule has 444 valence electrons. The van der Waals surface area contributed by atoms with E-state index in [1.807, 2.05) is 27.2 Å². The van der Waals surface area contributed by atoms with E-state index < -0.39 is 20.0 Å².